The molecule has 0 saturated heterocycles. The summed E-state index contributed by atoms with van der Waals surface area (Å²) in [6.07, 6.45) is 1.04. The second kappa shape index (κ2) is 5.60. The van der Waals surface area contributed by atoms with Crippen molar-refractivity contribution in [1.82, 2.24) is 4.90 Å². The van der Waals surface area contributed by atoms with E-state index in [1.165, 1.54) is 11.1 Å². The van der Waals surface area contributed by atoms with Gasteiger partial charge in [-0.3, -0.25) is 4.79 Å². The van der Waals surface area contributed by atoms with Crippen LogP contribution in [0.5, 0.6) is 0 Å². The molecule has 1 amide bonds. The largest absolute Gasteiger partial charge is 0.384 e. The van der Waals surface area contributed by atoms with E-state index in [2.05, 4.69) is 36.5 Å². The van der Waals surface area contributed by atoms with Gasteiger partial charge in [0.2, 0.25) is 0 Å². The van der Waals surface area contributed by atoms with Crippen LogP contribution < -0.4 is 5.32 Å². The average Bonchev–Trinajstić information content (AvgIpc) is 2.93. The maximum Gasteiger partial charge on any atom is 0.253 e. The lowest BCUT2D eigenvalue weighted by Crippen LogP contribution is -2.26. The lowest BCUT2D eigenvalue weighted by atomic mass is 10.1. The molecule has 0 aliphatic carbocycles. The molecule has 0 saturated carbocycles. The molecule has 1 aliphatic rings. The molecule has 3 nitrogen and oxygen atoms in total. The summed E-state index contributed by atoms with van der Waals surface area (Å²) in [5.74, 6) is 0.0630. The third kappa shape index (κ3) is 2.92. The van der Waals surface area contributed by atoms with Gasteiger partial charge in [0.15, 0.2) is 0 Å². The molecule has 3 rings (SSSR count). The highest BCUT2D eigenvalue weighted by Gasteiger charge is 2.16. The third-order valence-corrected chi connectivity index (χ3v) is 3.92. The molecule has 3 heteroatoms. The molecule has 0 aromatic heterocycles. The van der Waals surface area contributed by atoms with E-state index in [0.29, 0.717) is 6.54 Å². The molecule has 2 aromatic carbocycles. The Bertz CT molecular complexity index is 679. The first-order chi connectivity index (χ1) is 10.1. The van der Waals surface area contributed by atoms with E-state index in [1.807, 2.05) is 25.2 Å². The number of anilines is 1. The molecule has 0 spiro atoms. The first kappa shape index (κ1) is 13.7. The van der Waals surface area contributed by atoms with Crippen molar-refractivity contribution in [1.29, 1.82) is 0 Å². The molecule has 0 fully saturated rings. The Balaban J connectivity index is 1.75. The molecule has 1 N–H and O–H groups in total. The van der Waals surface area contributed by atoms with Crippen molar-refractivity contribution >= 4 is 11.6 Å². The number of hydrogen-bond donors (Lipinski definition) is 1. The predicted molar refractivity (Wildman–Crippen MR) is 85.6 cm³/mol. The lowest BCUT2D eigenvalue weighted by molar-refractivity contribution is 0.0785. The number of aryl methyl sites for hydroxylation is 1. The van der Waals surface area contributed by atoms with Crippen molar-refractivity contribution in [2.75, 3.05) is 18.9 Å². The molecule has 2 aromatic rings. The Hall–Kier alpha value is -2.29. The third-order valence-electron chi connectivity index (χ3n) is 3.92. The van der Waals surface area contributed by atoms with Crippen molar-refractivity contribution in [3.63, 3.8) is 0 Å². The molecule has 0 atom stereocenters. The molecule has 1 heterocycles. The number of carbonyl (C=O) groups is 1. The zero-order valence-electron chi connectivity index (χ0n) is 12.5. The molecule has 1 aliphatic heterocycles. The van der Waals surface area contributed by atoms with Gasteiger partial charge >= 0.3 is 0 Å². The smallest absolute Gasteiger partial charge is 0.253 e. The summed E-state index contributed by atoms with van der Waals surface area (Å²) in [6.45, 7) is 3.66. The number of fused-ring (bicyclic) bond motifs is 1. The molecular weight excluding hydrogens is 260 g/mol. The first-order valence-corrected chi connectivity index (χ1v) is 7.31. The van der Waals surface area contributed by atoms with Gasteiger partial charge in [0.05, 0.1) is 0 Å². The Morgan fingerprint density at radius 2 is 2.10 bits per heavy atom. The number of benzene rings is 2. The molecule has 108 valence electrons. The van der Waals surface area contributed by atoms with Crippen molar-refractivity contribution in [2.24, 2.45) is 0 Å². The van der Waals surface area contributed by atoms with Crippen LogP contribution in [-0.4, -0.2) is 24.4 Å². The van der Waals surface area contributed by atoms with E-state index in [0.717, 1.165) is 29.8 Å². The molecule has 21 heavy (non-hydrogen) atoms. The minimum Gasteiger partial charge on any atom is -0.384 e. The van der Waals surface area contributed by atoms with Gasteiger partial charge in [-0.25, -0.2) is 0 Å². The summed E-state index contributed by atoms with van der Waals surface area (Å²) in [5, 5.41) is 3.32. The maximum atomic E-state index is 12.5. The minimum atomic E-state index is 0.0630. The fourth-order valence-corrected chi connectivity index (χ4v) is 2.80. The van der Waals surface area contributed by atoms with E-state index < -0.39 is 0 Å². The zero-order valence-corrected chi connectivity index (χ0v) is 12.5. The second-order valence-electron chi connectivity index (χ2n) is 5.70. The van der Waals surface area contributed by atoms with Crippen LogP contribution in [0.15, 0.2) is 42.5 Å². The molecular formula is C18H20N2O. The normalized spacial score (nSPS) is 12.7. The standard InChI is InChI=1S/C18H20N2O/c1-13-4-3-5-14(10-13)12-20(2)18(21)16-7-6-15-8-9-19-17(15)11-16/h3-7,10-11,19H,8-9,12H2,1-2H3. The van der Waals surface area contributed by atoms with Crippen LogP contribution in [0.2, 0.25) is 0 Å². The number of nitrogens with one attached hydrogen (secondary N) is 1. The number of nitrogens with zero attached hydrogens (tertiary/aromatic N) is 1. The highest BCUT2D eigenvalue weighted by atomic mass is 16.2. The molecule has 0 unspecified atom stereocenters. The quantitative estimate of drug-likeness (QED) is 0.936. The maximum absolute atomic E-state index is 12.5. The summed E-state index contributed by atoms with van der Waals surface area (Å²) in [7, 11) is 1.85. The van der Waals surface area contributed by atoms with E-state index in [4.69, 9.17) is 0 Å². The van der Waals surface area contributed by atoms with E-state index >= 15 is 0 Å². The first-order valence-electron chi connectivity index (χ1n) is 7.31. The van der Waals surface area contributed by atoms with E-state index in [-0.39, 0.29) is 5.91 Å². The van der Waals surface area contributed by atoms with Crippen molar-refractivity contribution < 1.29 is 4.79 Å². The Kier molecular flexibility index (Phi) is 3.65. The Morgan fingerprint density at radius 1 is 1.24 bits per heavy atom. The van der Waals surface area contributed by atoms with Gasteiger partial charge in [-0.1, -0.05) is 35.9 Å². The van der Waals surface area contributed by atoms with Crippen molar-refractivity contribution in [3.8, 4) is 0 Å². The fourth-order valence-electron chi connectivity index (χ4n) is 2.80. The van der Waals surface area contributed by atoms with E-state index in [9.17, 15) is 4.79 Å². The fraction of sp³-hybridized carbons (Fsp3) is 0.278. The number of amides is 1. The van der Waals surface area contributed by atoms with Crippen LogP contribution in [0.25, 0.3) is 0 Å². The van der Waals surface area contributed by atoms with Crippen molar-refractivity contribution in [3.05, 3.63) is 64.7 Å². The van der Waals surface area contributed by atoms with Gasteiger partial charge in [-0.15, -0.1) is 0 Å². The van der Waals surface area contributed by atoms with Crippen molar-refractivity contribution in [2.45, 2.75) is 19.9 Å². The van der Waals surface area contributed by atoms with Crippen LogP contribution in [0, 0.1) is 6.92 Å². The van der Waals surface area contributed by atoms with Crippen LogP contribution in [-0.2, 0) is 13.0 Å². The van der Waals surface area contributed by atoms with Crippen LogP contribution >= 0.6 is 0 Å². The van der Waals surface area contributed by atoms with E-state index in [1.54, 1.807) is 4.90 Å². The predicted octanol–water partition coefficient (Wildman–Crippen LogP) is 3.24. The summed E-state index contributed by atoms with van der Waals surface area (Å²) in [6, 6.07) is 14.2. The van der Waals surface area contributed by atoms with Gasteiger partial charge in [0.1, 0.15) is 0 Å². The summed E-state index contributed by atoms with van der Waals surface area (Å²) in [4.78, 5) is 14.3. The minimum absolute atomic E-state index is 0.0630. The zero-order chi connectivity index (χ0) is 14.8. The number of rotatable bonds is 3. The number of hydrogen-bond acceptors (Lipinski definition) is 2. The van der Waals surface area contributed by atoms with Gasteiger partial charge in [0.25, 0.3) is 5.91 Å². The van der Waals surface area contributed by atoms with Crippen LogP contribution in [0.1, 0.15) is 27.0 Å². The summed E-state index contributed by atoms with van der Waals surface area (Å²) in [5.41, 5.74) is 5.52. The number of carbonyl (C=O) groups excluding carboxylic acids is 1. The highest BCUT2D eigenvalue weighted by Crippen LogP contribution is 2.24. The summed E-state index contributed by atoms with van der Waals surface area (Å²) >= 11 is 0. The topological polar surface area (TPSA) is 32.3 Å². The molecule has 0 radical (unpaired) electrons. The van der Waals surface area contributed by atoms with Crippen LogP contribution in [0.3, 0.4) is 0 Å². The monoisotopic (exact) mass is 280 g/mol. The molecule has 0 bridgehead atoms. The SMILES string of the molecule is Cc1cccc(CN(C)C(=O)c2ccc3c(c2)NCC3)c1. The van der Waals surface area contributed by atoms with Gasteiger partial charge in [-0.05, 0) is 36.6 Å². The van der Waals surface area contributed by atoms with Gasteiger partial charge < -0.3 is 10.2 Å². The van der Waals surface area contributed by atoms with Gasteiger partial charge in [-0.2, -0.15) is 0 Å². The summed E-state index contributed by atoms with van der Waals surface area (Å²) < 4.78 is 0. The van der Waals surface area contributed by atoms with Crippen LogP contribution in [0.4, 0.5) is 5.69 Å². The Labute approximate surface area is 125 Å². The second-order valence-corrected chi connectivity index (χ2v) is 5.70. The van der Waals surface area contributed by atoms with Gasteiger partial charge in [0, 0.05) is 31.4 Å². The highest BCUT2D eigenvalue weighted by molar-refractivity contribution is 5.95. The average molecular weight is 280 g/mol. The Morgan fingerprint density at radius 3 is 2.90 bits per heavy atom. The lowest BCUT2D eigenvalue weighted by Gasteiger charge is -2.18.